The maximum absolute atomic E-state index is 9.23. The van der Waals surface area contributed by atoms with Crippen LogP contribution in [0.25, 0.3) is 0 Å². The smallest absolute Gasteiger partial charge is 0.148 e. The van der Waals surface area contributed by atoms with E-state index in [1.807, 2.05) is 11.9 Å². The van der Waals surface area contributed by atoms with Crippen LogP contribution < -0.4 is 10.6 Å². The molecular weight excluding hydrogens is 272 g/mol. The van der Waals surface area contributed by atoms with Crippen LogP contribution in [0.5, 0.6) is 0 Å². The predicted octanol–water partition coefficient (Wildman–Crippen LogP) is 1.03. The van der Waals surface area contributed by atoms with Crippen molar-refractivity contribution in [2.24, 2.45) is 5.92 Å². The van der Waals surface area contributed by atoms with E-state index in [2.05, 4.69) is 25.9 Å². The fourth-order valence-electron chi connectivity index (χ4n) is 1.96. The Balaban J connectivity index is 2.03. The molecule has 1 aromatic heterocycles. The van der Waals surface area contributed by atoms with E-state index in [-0.39, 0.29) is 6.10 Å². The van der Waals surface area contributed by atoms with E-state index in [1.165, 1.54) is 6.33 Å². The molecule has 0 atom stereocenters. The number of aliphatic hydroxyl groups excluding tert-OH is 1. The maximum Gasteiger partial charge on any atom is 0.148 e. The number of halogens is 1. The van der Waals surface area contributed by atoms with Crippen molar-refractivity contribution in [1.29, 1.82) is 0 Å². The van der Waals surface area contributed by atoms with Gasteiger partial charge in [0.1, 0.15) is 22.4 Å². The first-order valence-corrected chi connectivity index (χ1v) is 6.02. The fourth-order valence-corrected chi connectivity index (χ4v) is 2.47. The van der Waals surface area contributed by atoms with Crippen molar-refractivity contribution in [3.05, 3.63) is 10.8 Å². The summed E-state index contributed by atoms with van der Waals surface area (Å²) in [7, 11) is 1.97. The molecule has 0 spiro atoms. The first-order chi connectivity index (χ1) is 7.58. The standard InChI is InChI=1S/C10H15BrN4O/c1-15(4-6-2-7(16)3-6)10-8(11)9(12)13-5-14-10/h5-7,16H,2-4H2,1H3,(H2,12,13,14). The van der Waals surface area contributed by atoms with Gasteiger partial charge in [0.05, 0.1) is 6.10 Å². The molecule has 6 heteroatoms. The van der Waals surface area contributed by atoms with Crippen LogP contribution in [0.4, 0.5) is 11.6 Å². The van der Waals surface area contributed by atoms with Gasteiger partial charge in [0.25, 0.3) is 0 Å². The summed E-state index contributed by atoms with van der Waals surface area (Å²) in [6, 6.07) is 0. The Morgan fingerprint density at radius 1 is 1.56 bits per heavy atom. The molecule has 1 saturated carbocycles. The number of nitrogens with two attached hydrogens (primary N) is 1. The van der Waals surface area contributed by atoms with Crippen LogP contribution in [0.15, 0.2) is 10.8 Å². The molecule has 5 nitrogen and oxygen atoms in total. The Morgan fingerprint density at radius 2 is 2.25 bits per heavy atom. The first-order valence-electron chi connectivity index (χ1n) is 5.23. The lowest BCUT2D eigenvalue weighted by Gasteiger charge is -2.35. The molecule has 0 bridgehead atoms. The van der Waals surface area contributed by atoms with Crippen LogP contribution in [-0.2, 0) is 0 Å². The summed E-state index contributed by atoms with van der Waals surface area (Å²) in [5.74, 6) is 1.79. The zero-order chi connectivity index (χ0) is 11.7. The third kappa shape index (κ3) is 2.27. The highest BCUT2D eigenvalue weighted by Crippen LogP contribution is 2.31. The Labute approximate surface area is 103 Å². The third-order valence-electron chi connectivity index (χ3n) is 2.90. The molecule has 1 aromatic rings. The highest BCUT2D eigenvalue weighted by atomic mass is 79.9. The molecule has 0 aliphatic heterocycles. The number of anilines is 2. The SMILES string of the molecule is CN(CC1CC(O)C1)c1ncnc(N)c1Br. The molecule has 1 aliphatic carbocycles. The van der Waals surface area contributed by atoms with Gasteiger partial charge in [-0.2, -0.15) is 0 Å². The summed E-state index contributed by atoms with van der Waals surface area (Å²) in [5, 5.41) is 9.23. The van der Waals surface area contributed by atoms with E-state index in [4.69, 9.17) is 5.73 Å². The van der Waals surface area contributed by atoms with Crippen LogP contribution in [0.1, 0.15) is 12.8 Å². The highest BCUT2D eigenvalue weighted by Gasteiger charge is 2.28. The maximum atomic E-state index is 9.23. The van der Waals surface area contributed by atoms with Crippen LogP contribution in [-0.4, -0.2) is 34.8 Å². The zero-order valence-corrected chi connectivity index (χ0v) is 10.7. The lowest BCUT2D eigenvalue weighted by Crippen LogP contribution is -2.37. The van der Waals surface area contributed by atoms with Crippen molar-refractivity contribution in [2.45, 2.75) is 18.9 Å². The van der Waals surface area contributed by atoms with Gasteiger partial charge in [-0.3, -0.25) is 0 Å². The van der Waals surface area contributed by atoms with Gasteiger partial charge >= 0.3 is 0 Å². The van der Waals surface area contributed by atoms with E-state index in [1.54, 1.807) is 0 Å². The van der Waals surface area contributed by atoms with Gasteiger partial charge in [-0.1, -0.05) is 0 Å². The number of hydrogen-bond donors (Lipinski definition) is 2. The molecule has 0 unspecified atom stereocenters. The van der Waals surface area contributed by atoms with Crippen molar-refractivity contribution in [3.63, 3.8) is 0 Å². The minimum absolute atomic E-state index is 0.114. The van der Waals surface area contributed by atoms with E-state index < -0.39 is 0 Å². The van der Waals surface area contributed by atoms with E-state index in [0.29, 0.717) is 11.7 Å². The van der Waals surface area contributed by atoms with Gasteiger partial charge in [0.2, 0.25) is 0 Å². The summed E-state index contributed by atoms with van der Waals surface area (Å²) in [4.78, 5) is 10.1. The predicted molar refractivity (Wildman–Crippen MR) is 66.1 cm³/mol. The number of nitrogens with zero attached hydrogens (tertiary/aromatic N) is 3. The Bertz CT molecular complexity index is 381. The first kappa shape index (κ1) is 11.6. The quantitative estimate of drug-likeness (QED) is 0.868. The van der Waals surface area contributed by atoms with Gasteiger partial charge < -0.3 is 15.7 Å². The highest BCUT2D eigenvalue weighted by molar-refractivity contribution is 9.10. The fraction of sp³-hybridized carbons (Fsp3) is 0.600. The molecule has 16 heavy (non-hydrogen) atoms. The number of aromatic nitrogens is 2. The van der Waals surface area contributed by atoms with Gasteiger partial charge in [-0.25, -0.2) is 9.97 Å². The third-order valence-corrected chi connectivity index (χ3v) is 3.66. The van der Waals surface area contributed by atoms with Gasteiger partial charge in [0.15, 0.2) is 0 Å². The monoisotopic (exact) mass is 286 g/mol. The second-order valence-corrected chi connectivity index (χ2v) is 5.06. The van der Waals surface area contributed by atoms with Crippen molar-refractivity contribution in [2.75, 3.05) is 24.2 Å². The zero-order valence-electron chi connectivity index (χ0n) is 9.10. The number of aliphatic hydroxyl groups is 1. The molecule has 0 saturated heterocycles. The number of nitrogen functional groups attached to an aromatic ring is 1. The summed E-state index contributed by atoms with van der Waals surface area (Å²) >= 11 is 3.38. The molecule has 88 valence electrons. The average Bonchev–Trinajstić information content (AvgIpc) is 2.19. The summed E-state index contributed by atoms with van der Waals surface area (Å²) < 4.78 is 0.734. The molecule has 3 N–H and O–H groups in total. The molecule has 1 fully saturated rings. The van der Waals surface area contributed by atoms with Crippen molar-refractivity contribution in [1.82, 2.24) is 9.97 Å². The average molecular weight is 287 g/mol. The molecule has 1 heterocycles. The van der Waals surface area contributed by atoms with E-state index in [9.17, 15) is 5.11 Å². The molecule has 1 aliphatic rings. The number of hydrogen-bond acceptors (Lipinski definition) is 5. The topological polar surface area (TPSA) is 75.3 Å². The van der Waals surface area contributed by atoms with Gasteiger partial charge in [0, 0.05) is 13.6 Å². The van der Waals surface area contributed by atoms with E-state index >= 15 is 0 Å². The Kier molecular flexibility index (Phi) is 3.30. The Morgan fingerprint density at radius 3 is 2.88 bits per heavy atom. The van der Waals surface area contributed by atoms with Crippen molar-refractivity contribution in [3.8, 4) is 0 Å². The van der Waals surface area contributed by atoms with Gasteiger partial charge in [-0.05, 0) is 34.7 Å². The summed E-state index contributed by atoms with van der Waals surface area (Å²) in [6.45, 7) is 0.881. The molecule has 2 rings (SSSR count). The molecule has 0 aromatic carbocycles. The summed E-state index contributed by atoms with van der Waals surface area (Å²) in [6.07, 6.45) is 3.10. The number of rotatable bonds is 3. The van der Waals surface area contributed by atoms with E-state index in [0.717, 1.165) is 29.7 Å². The normalized spacial score (nSPS) is 23.9. The lowest BCUT2D eigenvalue weighted by atomic mass is 9.82. The summed E-state index contributed by atoms with van der Waals surface area (Å²) in [5.41, 5.74) is 5.69. The lowest BCUT2D eigenvalue weighted by molar-refractivity contribution is 0.0464. The molecular formula is C10H15BrN4O. The second kappa shape index (κ2) is 4.55. The molecule has 0 radical (unpaired) electrons. The minimum Gasteiger partial charge on any atom is -0.393 e. The Hall–Kier alpha value is -0.880. The van der Waals surface area contributed by atoms with Crippen molar-refractivity contribution < 1.29 is 5.11 Å². The largest absolute Gasteiger partial charge is 0.393 e. The minimum atomic E-state index is -0.114. The van der Waals surface area contributed by atoms with Crippen LogP contribution in [0, 0.1) is 5.92 Å². The van der Waals surface area contributed by atoms with Crippen LogP contribution in [0.2, 0.25) is 0 Å². The van der Waals surface area contributed by atoms with Gasteiger partial charge in [-0.15, -0.1) is 0 Å². The van der Waals surface area contributed by atoms with Crippen LogP contribution in [0.3, 0.4) is 0 Å². The van der Waals surface area contributed by atoms with Crippen molar-refractivity contribution >= 4 is 27.6 Å². The second-order valence-electron chi connectivity index (χ2n) is 4.27. The molecule has 0 amide bonds. The van der Waals surface area contributed by atoms with Crippen LogP contribution >= 0.6 is 15.9 Å².